The second-order valence-corrected chi connectivity index (χ2v) is 8.60. The normalized spacial score (nSPS) is 16.9. The molecule has 0 saturated carbocycles. The number of hydrazone groups is 1. The number of carbonyl (C=O) groups excluding carboxylic acids is 1. The van der Waals surface area contributed by atoms with Crippen molar-refractivity contribution >= 4 is 27.3 Å². The number of aryl methyl sites for hydroxylation is 1. The van der Waals surface area contributed by atoms with Crippen LogP contribution < -0.4 is 4.72 Å². The maximum Gasteiger partial charge on any atom is 0.240 e. The van der Waals surface area contributed by atoms with E-state index in [0.29, 0.717) is 23.4 Å². The Morgan fingerprint density at radius 1 is 1.19 bits per heavy atom. The minimum absolute atomic E-state index is 0.0145. The quantitative estimate of drug-likeness (QED) is 0.856. The van der Waals surface area contributed by atoms with Crippen LogP contribution in [0.15, 0.2) is 53.6 Å². The summed E-state index contributed by atoms with van der Waals surface area (Å²) in [6, 6.07) is 15.0. The summed E-state index contributed by atoms with van der Waals surface area (Å²) in [5.74, 6) is -0.165. The zero-order chi connectivity index (χ0) is 19.6. The number of nitrogens with zero attached hydrogens (tertiary/aromatic N) is 2. The second-order valence-electron chi connectivity index (χ2n) is 6.59. The largest absolute Gasteiger partial charge is 0.283 e. The molecule has 1 N–H and O–H groups in total. The van der Waals surface area contributed by atoms with E-state index in [4.69, 9.17) is 0 Å². The molecule has 1 unspecified atom stereocenters. The first kappa shape index (κ1) is 19.1. The van der Waals surface area contributed by atoms with Gasteiger partial charge in [-0.3, -0.25) is 9.52 Å². The third-order valence-corrected chi connectivity index (χ3v) is 5.87. The molecule has 0 aliphatic carbocycles. The molecular weight excluding hydrogens is 362 g/mol. The molecule has 0 saturated heterocycles. The lowest BCUT2D eigenvalue weighted by Gasteiger charge is -2.20. The molecule has 1 aliphatic heterocycles. The monoisotopic (exact) mass is 385 g/mol. The van der Waals surface area contributed by atoms with Crippen LogP contribution in [-0.4, -0.2) is 30.8 Å². The second kappa shape index (κ2) is 7.52. The molecule has 142 valence electrons. The lowest BCUT2D eigenvalue weighted by atomic mass is 9.97. The Morgan fingerprint density at radius 2 is 1.85 bits per heavy atom. The molecule has 0 bridgehead atoms. The van der Waals surface area contributed by atoms with Crippen LogP contribution in [-0.2, 0) is 14.8 Å². The first-order chi connectivity index (χ1) is 12.8. The number of anilines is 1. The van der Waals surface area contributed by atoms with E-state index in [2.05, 4.69) is 9.82 Å². The van der Waals surface area contributed by atoms with Crippen LogP contribution >= 0.6 is 0 Å². The van der Waals surface area contributed by atoms with Crippen LogP contribution in [0.25, 0.3) is 0 Å². The van der Waals surface area contributed by atoms with Gasteiger partial charge in [0.2, 0.25) is 15.9 Å². The zero-order valence-electron chi connectivity index (χ0n) is 15.6. The maximum absolute atomic E-state index is 12.1. The number of nitrogens with one attached hydrogen (secondary N) is 1. The highest BCUT2D eigenvalue weighted by atomic mass is 32.2. The van der Waals surface area contributed by atoms with Crippen molar-refractivity contribution in [3.8, 4) is 0 Å². The Hall–Kier alpha value is -2.67. The molecule has 0 radical (unpaired) electrons. The predicted molar refractivity (Wildman–Crippen MR) is 107 cm³/mol. The molecule has 0 fully saturated rings. The van der Waals surface area contributed by atoms with Crippen LogP contribution in [0.4, 0.5) is 5.69 Å². The lowest BCUT2D eigenvalue weighted by Crippen LogP contribution is -2.24. The van der Waals surface area contributed by atoms with Crippen LogP contribution in [0.5, 0.6) is 0 Å². The summed E-state index contributed by atoms with van der Waals surface area (Å²) >= 11 is 0. The van der Waals surface area contributed by atoms with Crippen molar-refractivity contribution in [2.75, 3.05) is 10.5 Å². The van der Waals surface area contributed by atoms with Crippen molar-refractivity contribution in [2.24, 2.45) is 5.10 Å². The van der Waals surface area contributed by atoms with Gasteiger partial charge in [0.1, 0.15) is 0 Å². The molecule has 7 heteroatoms. The van der Waals surface area contributed by atoms with E-state index in [1.165, 1.54) is 11.9 Å². The van der Waals surface area contributed by atoms with Gasteiger partial charge >= 0.3 is 0 Å². The van der Waals surface area contributed by atoms with Gasteiger partial charge in [-0.05, 0) is 25.5 Å². The molecule has 1 aliphatic rings. The van der Waals surface area contributed by atoms with Gasteiger partial charge in [-0.25, -0.2) is 13.4 Å². The van der Waals surface area contributed by atoms with Crippen LogP contribution in [0.1, 0.15) is 43.0 Å². The number of benzene rings is 2. The number of sulfonamides is 1. The molecule has 3 rings (SSSR count). The molecule has 0 spiro atoms. The number of hydrogen-bond acceptors (Lipinski definition) is 4. The minimum atomic E-state index is -3.41. The topological polar surface area (TPSA) is 78.8 Å². The standard InChI is InChI=1S/C20H23N3O3S/c1-4-27(25,26)22-18-8-6-5-7-17(18)19-13-20(23(21-19)15(3)24)16-11-9-14(2)10-12-16/h5-12,20,22H,4,13H2,1-3H3. The third kappa shape index (κ3) is 4.19. The average Bonchev–Trinajstić information content (AvgIpc) is 3.08. The van der Waals surface area contributed by atoms with Crippen molar-refractivity contribution in [3.05, 3.63) is 65.2 Å². The molecule has 1 heterocycles. The number of hydrogen-bond donors (Lipinski definition) is 1. The Bertz CT molecular complexity index is 982. The van der Waals surface area contributed by atoms with E-state index >= 15 is 0 Å². The van der Waals surface area contributed by atoms with E-state index in [1.807, 2.05) is 43.3 Å². The van der Waals surface area contributed by atoms with Crippen molar-refractivity contribution in [3.63, 3.8) is 0 Å². The predicted octanol–water partition coefficient (Wildman–Crippen LogP) is 3.45. The summed E-state index contributed by atoms with van der Waals surface area (Å²) in [6.45, 7) is 5.08. The van der Waals surface area contributed by atoms with Crippen LogP contribution in [0.2, 0.25) is 0 Å². The Morgan fingerprint density at radius 3 is 2.48 bits per heavy atom. The van der Waals surface area contributed by atoms with Crippen molar-refractivity contribution in [1.29, 1.82) is 0 Å². The molecule has 1 amide bonds. The van der Waals surface area contributed by atoms with Gasteiger partial charge in [-0.1, -0.05) is 48.0 Å². The van der Waals surface area contributed by atoms with Crippen LogP contribution in [0, 0.1) is 6.92 Å². The summed E-state index contributed by atoms with van der Waals surface area (Å²) in [5.41, 5.74) is 4.00. The summed E-state index contributed by atoms with van der Waals surface area (Å²) in [7, 11) is -3.41. The molecule has 27 heavy (non-hydrogen) atoms. The zero-order valence-corrected chi connectivity index (χ0v) is 16.5. The summed E-state index contributed by atoms with van der Waals surface area (Å²) in [4.78, 5) is 12.1. The van der Waals surface area contributed by atoms with E-state index in [9.17, 15) is 13.2 Å². The fraction of sp³-hybridized carbons (Fsp3) is 0.300. The molecule has 0 aromatic heterocycles. The number of para-hydroxylation sites is 1. The number of rotatable bonds is 5. The Kier molecular flexibility index (Phi) is 5.32. The summed E-state index contributed by atoms with van der Waals surface area (Å²) in [5, 5.41) is 6.00. The highest BCUT2D eigenvalue weighted by Crippen LogP contribution is 2.34. The van der Waals surface area contributed by atoms with E-state index in [1.54, 1.807) is 19.1 Å². The van der Waals surface area contributed by atoms with Gasteiger partial charge < -0.3 is 0 Å². The molecule has 6 nitrogen and oxygen atoms in total. The molecule has 1 atom stereocenters. The third-order valence-electron chi connectivity index (χ3n) is 4.58. The number of amides is 1. The van der Waals surface area contributed by atoms with Crippen molar-refractivity contribution in [1.82, 2.24) is 5.01 Å². The first-order valence-electron chi connectivity index (χ1n) is 8.84. The lowest BCUT2D eigenvalue weighted by molar-refractivity contribution is -0.130. The first-order valence-corrected chi connectivity index (χ1v) is 10.5. The van der Waals surface area contributed by atoms with Gasteiger partial charge in [0.15, 0.2) is 0 Å². The van der Waals surface area contributed by atoms with Crippen molar-refractivity contribution < 1.29 is 13.2 Å². The average molecular weight is 385 g/mol. The molecule has 2 aromatic carbocycles. The van der Waals surface area contributed by atoms with Gasteiger partial charge in [0.25, 0.3) is 0 Å². The SMILES string of the molecule is CCS(=O)(=O)Nc1ccccc1C1=NN(C(C)=O)C(c2ccc(C)cc2)C1. The highest BCUT2D eigenvalue weighted by Gasteiger charge is 2.32. The maximum atomic E-state index is 12.1. The Balaban J connectivity index is 1.97. The van der Waals surface area contributed by atoms with Gasteiger partial charge in [-0.15, -0.1) is 0 Å². The van der Waals surface area contributed by atoms with Crippen LogP contribution in [0.3, 0.4) is 0 Å². The summed E-state index contributed by atoms with van der Waals surface area (Å²) in [6.07, 6.45) is 0.521. The van der Waals surface area contributed by atoms with E-state index < -0.39 is 10.0 Å². The van der Waals surface area contributed by atoms with E-state index in [0.717, 1.165) is 11.1 Å². The minimum Gasteiger partial charge on any atom is -0.283 e. The van der Waals surface area contributed by atoms with Gasteiger partial charge in [0.05, 0.1) is 23.2 Å². The van der Waals surface area contributed by atoms with Crippen molar-refractivity contribution in [2.45, 2.75) is 33.2 Å². The fourth-order valence-electron chi connectivity index (χ4n) is 3.07. The van der Waals surface area contributed by atoms with Gasteiger partial charge in [-0.2, -0.15) is 5.10 Å². The molecular formula is C20H23N3O3S. The smallest absolute Gasteiger partial charge is 0.240 e. The van der Waals surface area contributed by atoms with E-state index in [-0.39, 0.29) is 17.7 Å². The molecule has 2 aromatic rings. The highest BCUT2D eigenvalue weighted by molar-refractivity contribution is 7.92. The number of carbonyl (C=O) groups is 1. The fourth-order valence-corrected chi connectivity index (χ4v) is 3.73. The summed E-state index contributed by atoms with van der Waals surface area (Å²) < 4.78 is 26.6. The van der Waals surface area contributed by atoms with Gasteiger partial charge in [0, 0.05) is 18.9 Å². The Labute approximate surface area is 159 Å².